The van der Waals surface area contributed by atoms with E-state index in [4.69, 9.17) is 4.74 Å². The number of carbonyl (C=O) groups excluding carboxylic acids is 1. The minimum Gasteiger partial charge on any atom is -0.383 e. The van der Waals surface area contributed by atoms with Crippen molar-refractivity contribution in [3.8, 4) is 0 Å². The monoisotopic (exact) mass is 264 g/mol. The molecule has 1 aliphatic rings. The summed E-state index contributed by atoms with van der Waals surface area (Å²) >= 11 is 0. The average molecular weight is 265 g/mol. The molecule has 17 heavy (non-hydrogen) atoms. The van der Waals surface area contributed by atoms with Gasteiger partial charge in [0.1, 0.15) is 0 Å². The van der Waals surface area contributed by atoms with Gasteiger partial charge in [0.25, 0.3) is 0 Å². The zero-order chi connectivity index (χ0) is 11.8. The highest BCUT2D eigenvalue weighted by atomic mass is 35.5. The van der Waals surface area contributed by atoms with Gasteiger partial charge >= 0.3 is 0 Å². The maximum Gasteiger partial charge on any atom is 0.239 e. The number of methoxy groups -OCH3 is 1. The van der Waals surface area contributed by atoms with E-state index >= 15 is 0 Å². The molecule has 1 atom stereocenters. The van der Waals surface area contributed by atoms with Gasteiger partial charge in [-0.05, 0) is 25.8 Å². The number of hydrogen-bond acceptors (Lipinski definition) is 3. The van der Waals surface area contributed by atoms with Crippen LogP contribution in [0.2, 0.25) is 0 Å². The van der Waals surface area contributed by atoms with E-state index in [0.29, 0.717) is 13.2 Å². The lowest BCUT2D eigenvalue weighted by molar-refractivity contribution is -0.133. The van der Waals surface area contributed by atoms with E-state index in [0.717, 1.165) is 38.8 Å². The predicted molar refractivity (Wildman–Crippen MR) is 71.6 cm³/mol. The Kier molecular flexibility index (Phi) is 9.50. The summed E-state index contributed by atoms with van der Waals surface area (Å²) in [5.74, 6) is 0.253. The third kappa shape index (κ3) is 5.70. The maximum atomic E-state index is 12.2. The number of rotatable bonds is 7. The summed E-state index contributed by atoms with van der Waals surface area (Å²) in [5.41, 5.74) is 0. The lowest BCUT2D eigenvalue weighted by Gasteiger charge is -2.25. The van der Waals surface area contributed by atoms with Crippen LogP contribution in [-0.2, 0) is 9.53 Å². The predicted octanol–water partition coefficient (Wildman–Crippen LogP) is 1.44. The number of carbonyl (C=O) groups is 1. The third-order valence-corrected chi connectivity index (χ3v) is 3.02. The maximum absolute atomic E-state index is 12.2. The highest BCUT2D eigenvalue weighted by molar-refractivity contribution is 5.85. The summed E-state index contributed by atoms with van der Waals surface area (Å²) < 4.78 is 5.05. The molecule has 1 rings (SSSR count). The van der Waals surface area contributed by atoms with E-state index in [1.165, 1.54) is 0 Å². The van der Waals surface area contributed by atoms with Gasteiger partial charge in [-0.3, -0.25) is 4.79 Å². The van der Waals surface area contributed by atoms with Crippen LogP contribution in [0.5, 0.6) is 0 Å². The Bertz CT molecular complexity index is 201. The van der Waals surface area contributed by atoms with Crippen LogP contribution in [0.3, 0.4) is 0 Å². The number of nitrogens with zero attached hydrogens (tertiary/aromatic N) is 1. The normalized spacial score (nSPS) is 18.8. The Balaban J connectivity index is 0.00000256. The van der Waals surface area contributed by atoms with E-state index in [2.05, 4.69) is 12.2 Å². The second-order valence-corrected chi connectivity index (χ2v) is 4.32. The van der Waals surface area contributed by atoms with Gasteiger partial charge in [-0.1, -0.05) is 13.3 Å². The van der Waals surface area contributed by atoms with Crippen LogP contribution >= 0.6 is 12.4 Å². The van der Waals surface area contributed by atoms with Crippen LogP contribution in [0.25, 0.3) is 0 Å². The van der Waals surface area contributed by atoms with Gasteiger partial charge in [0, 0.05) is 20.2 Å². The molecule has 1 N–H and O–H groups in total. The minimum absolute atomic E-state index is 0. The molecule has 1 unspecified atom stereocenters. The highest BCUT2D eigenvalue weighted by Crippen LogP contribution is 2.09. The molecule has 0 bridgehead atoms. The largest absolute Gasteiger partial charge is 0.383 e. The second-order valence-electron chi connectivity index (χ2n) is 4.32. The van der Waals surface area contributed by atoms with Crippen molar-refractivity contribution in [1.29, 1.82) is 0 Å². The number of halogens is 1. The van der Waals surface area contributed by atoms with Gasteiger partial charge in [-0.15, -0.1) is 12.4 Å². The smallest absolute Gasteiger partial charge is 0.239 e. The number of ether oxygens (including phenoxy) is 1. The lowest BCUT2D eigenvalue weighted by atomic mass is 10.2. The molecule has 1 heterocycles. The Hall–Kier alpha value is -0.320. The fourth-order valence-electron chi connectivity index (χ4n) is 2.00. The molecule has 4 nitrogen and oxygen atoms in total. The molecule has 0 aliphatic carbocycles. The number of nitrogens with one attached hydrogen (secondary N) is 1. The zero-order valence-electron chi connectivity index (χ0n) is 10.9. The van der Waals surface area contributed by atoms with Gasteiger partial charge < -0.3 is 15.0 Å². The zero-order valence-corrected chi connectivity index (χ0v) is 11.7. The standard InChI is InChI=1S/C12H24N2O2.ClH/c1-3-4-8-14(9-10-16-2)12(15)11-6-5-7-13-11;/h11,13H,3-10H2,1-2H3;1H. The van der Waals surface area contributed by atoms with Crippen LogP contribution in [0.15, 0.2) is 0 Å². The van der Waals surface area contributed by atoms with Gasteiger partial charge in [-0.25, -0.2) is 0 Å². The van der Waals surface area contributed by atoms with Gasteiger partial charge in [0.2, 0.25) is 5.91 Å². The highest BCUT2D eigenvalue weighted by Gasteiger charge is 2.26. The molecular formula is C12H25ClN2O2. The van der Waals surface area contributed by atoms with Crippen molar-refractivity contribution in [2.75, 3.05) is 33.4 Å². The van der Waals surface area contributed by atoms with Crippen LogP contribution in [0.4, 0.5) is 0 Å². The summed E-state index contributed by atoms with van der Waals surface area (Å²) in [7, 11) is 1.68. The Morgan fingerprint density at radius 1 is 1.47 bits per heavy atom. The fourth-order valence-corrected chi connectivity index (χ4v) is 2.00. The molecule has 0 radical (unpaired) electrons. The summed E-state index contributed by atoms with van der Waals surface area (Å²) in [6.07, 6.45) is 4.29. The molecule has 1 amide bonds. The van der Waals surface area contributed by atoms with Crippen molar-refractivity contribution in [3.63, 3.8) is 0 Å². The Morgan fingerprint density at radius 3 is 2.76 bits per heavy atom. The lowest BCUT2D eigenvalue weighted by Crippen LogP contribution is -2.45. The van der Waals surface area contributed by atoms with E-state index in [-0.39, 0.29) is 24.4 Å². The second kappa shape index (κ2) is 9.68. The van der Waals surface area contributed by atoms with Gasteiger partial charge in [-0.2, -0.15) is 0 Å². The van der Waals surface area contributed by atoms with E-state index in [9.17, 15) is 4.79 Å². The number of unbranched alkanes of at least 4 members (excludes halogenated alkanes) is 1. The molecule has 5 heteroatoms. The molecular weight excluding hydrogens is 240 g/mol. The summed E-state index contributed by atoms with van der Waals surface area (Å²) in [5, 5.41) is 3.26. The van der Waals surface area contributed by atoms with Crippen molar-refractivity contribution in [2.24, 2.45) is 0 Å². The SMILES string of the molecule is CCCCN(CCOC)C(=O)C1CCCN1.Cl. The topological polar surface area (TPSA) is 41.6 Å². The van der Waals surface area contributed by atoms with E-state index in [1.807, 2.05) is 4.90 Å². The summed E-state index contributed by atoms with van der Waals surface area (Å²) in [6, 6.07) is 0.0497. The molecule has 0 aromatic carbocycles. The molecule has 0 aromatic heterocycles. The summed E-state index contributed by atoms with van der Waals surface area (Å²) in [6.45, 7) is 5.32. The van der Waals surface area contributed by atoms with Gasteiger partial charge in [0.05, 0.1) is 12.6 Å². The fraction of sp³-hybridized carbons (Fsp3) is 0.917. The first-order chi connectivity index (χ1) is 7.79. The Labute approximate surface area is 110 Å². The van der Waals surface area contributed by atoms with Crippen molar-refractivity contribution in [2.45, 2.75) is 38.6 Å². The third-order valence-electron chi connectivity index (χ3n) is 3.02. The molecule has 1 saturated heterocycles. The van der Waals surface area contributed by atoms with Crippen LogP contribution in [-0.4, -0.2) is 50.2 Å². The van der Waals surface area contributed by atoms with Crippen LogP contribution in [0.1, 0.15) is 32.6 Å². The van der Waals surface area contributed by atoms with Crippen molar-refractivity contribution < 1.29 is 9.53 Å². The average Bonchev–Trinajstić information content (AvgIpc) is 2.82. The van der Waals surface area contributed by atoms with Crippen molar-refractivity contribution in [1.82, 2.24) is 10.2 Å². The number of amides is 1. The Morgan fingerprint density at radius 2 is 2.24 bits per heavy atom. The molecule has 1 aliphatic heterocycles. The summed E-state index contributed by atoms with van der Waals surface area (Å²) in [4.78, 5) is 14.1. The van der Waals surface area contributed by atoms with Crippen molar-refractivity contribution in [3.05, 3.63) is 0 Å². The molecule has 0 saturated carbocycles. The van der Waals surface area contributed by atoms with Crippen LogP contribution in [0, 0.1) is 0 Å². The van der Waals surface area contributed by atoms with Crippen LogP contribution < -0.4 is 5.32 Å². The number of hydrogen-bond donors (Lipinski definition) is 1. The molecule has 0 spiro atoms. The van der Waals surface area contributed by atoms with E-state index < -0.39 is 0 Å². The molecule has 0 aromatic rings. The van der Waals surface area contributed by atoms with E-state index in [1.54, 1.807) is 7.11 Å². The van der Waals surface area contributed by atoms with Crippen molar-refractivity contribution >= 4 is 18.3 Å². The minimum atomic E-state index is 0. The first-order valence-electron chi connectivity index (χ1n) is 6.30. The molecule has 102 valence electrons. The first-order valence-corrected chi connectivity index (χ1v) is 6.30. The molecule has 1 fully saturated rings. The van der Waals surface area contributed by atoms with Gasteiger partial charge in [0.15, 0.2) is 0 Å². The quantitative estimate of drug-likeness (QED) is 0.757. The first kappa shape index (κ1) is 16.7.